The fraction of sp³-hybridized carbons (Fsp3) is 0.327. The number of nitrogens with zero attached hydrogens (tertiary/aromatic N) is 2. The van der Waals surface area contributed by atoms with Crippen molar-refractivity contribution in [2.24, 2.45) is 0 Å². The zero-order valence-electron chi connectivity index (χ0n) is 34.4. The van der Waals surface area contributed by atoms with Gasteiger partial charge in [0.15, 0.2) is 0 Å². The third-order valence-electron chi connectivity index (χ3n) is 10.5. The van der Waals surface area contributed by atoms with E-state index in [1.807, 2.05) is 142 Å². The Labute approximate surface area is 350 Å². The fourth-order valence-electron chi connectivity index (χ4n) is 7.32. The Bertz CT molecular complexity index is 2200. The molecule has 1 saturated heterocycles. The molecule has 0 amide bonds. The van der Waals surface area contributed by atoms with Gasteiger partial charge in [-0.3, -0.25) is 4.68 Å². The minimum absolute atomic E-state index is 0.0833. The monoisotopic (exact) mass is 818 g/mol. The Hall–Kier alpha value is -5.43. The van der Waals surface area contributed by atoms with Gasteiger partial charge in [-0.1, -0.05) is 121 Å². The minimum atomic E-state index is -1.13. The second kappa shape index (κ2) is 20.7. The van der Waals surface area contributed by atoms with Gasteiger partial charge in [-0.05, 0) is 43.0 Å². The summed E-state index contributed by atoms with van der Waals surface area (Å²) in [6, 6.07) is 41.7. The molecule has 9 nitrogen and oxygen atoms in total. The molecule has 1 fully saturated rings. The summed E-state index contributed by atoms with van der Waals surface area (Å²) in [5.74, 6) is -1.24. The molecule has 0 aliphatic carbocycles. The van der Waals surface area contributed by atoms with Crippen LogP contribution in [0, 0.1) is 18.6 Å². The Morgan fingerprint density at radius 2 is 1.10 bits per heavy atom. The van der Waals surface area contributed by atoms with Crippen LogP contribution in [-0.4, -0.2) is 54.2 Å². The van der Waals surface area contributed by atoms with Gasteiger partial charge in [-0.15, -0.1) is 5.10 Å². The third-order valence-corrected chi connectivity index (χ3v) is 10.5. The van der Waals surface area contributed by atoms with E-state index in [1.165, 1.54) is 19.2 Å². The maximum Gasteiger partial charge on any atom is 0.239 e. The molecule has 0 saturated carbocycles. The van der Waals surface area contributed by atoms with Gasteiger partial charge in [0.1, 0.15) is 41.8 Å². The predicted molar refractivity (Wildman–Crippen MR) is 224 cm³/mol. The van der Waals surface area contributed by atoms with E-state index in [9.17, 15) is 0 Å². The van der Waals surface area contributed by atoms with Crippen molar-refractivity contribution in [2.45, 2.75) is 90.4 Å². The summed E-state index contributed by atoms with van der Waals surface area (Å²) in [6.45, 7) is 7.00. The maximum atomic E-state index is 15.5. The van der Waals surface area contributed by atoms with Crippen molar-refractivity contribution >= 4 is 0 Å². The van der Waals surface area contributed by atoms with E-state index in [-0.39, 0.29) is 56.1 Å². The minimum Gasteiger partial charge on any atom is -0.497 e. The molecule has 314 valence electrons. The van der Waals surface area contributed by atoms with Crippen molar-refractivity contribution in [1.82, 2.24) is 9.78 Å². The number of halogens is 2. The van der Waals surface area contributed by atoms with Crippen molar-refractivity contribution in [3.63, 3.8) is 0 Å². The van der Waals surface area contributed by atoms with Crippen LogP contribution in [0.25, 0.3) is 0 Å². The number of methoxy groups -OCH3 is 1. The Kier molecular flexibility index (Phi) is 14.7. The van der Waals surface area contributed by atoms with Crippen LogP contribution in [0.3, 0.4) is 0 Å². The highest BCUT2D eigenvalue weighted by molar-refractivity contribution is 5.40. The molecule has 6 aromatic rings. The first-order chi connectivity index (χ1) is 29.3. The molecular weight excluding hydrogens is 767 g/mol. The summed E-state index contributed by atoms with van der Waals surface area (Å²) in [4.78, 5) is 0. The van der Waals surface area contributed by atoms with Gasteiger partial charge in [0, 0.05) is 41.4 Å². The summed E-state index contributed by atoms with van der Waals surface area (Å²) in [7, 11) is 1.37. The van der Waals surface area contributed by atoms with Crippen molar-refractivity contribution in [1.29, 1.82) is 0 Å². The van der Waals surface area contributed by atoms with Crippen molar-refractivity contribution < 1.29 is 41.9 Å². The van der Waals surface area contributed by atoms with Gasteiger partial charge in [0.2, 0.25) is 12.2 Å². The lowest BCUT2D eigenvalue weighted by atomic mass is 9.97. The molecule has 0 spiro atoms. The lowest BCUT2D eigenvalue weighted by molar-refractivity contribution is -0.310. The standard InChI is InChI=1S/C49H52F2N2O7/c1-33(2)53-34(3)40(27-41-42(50)25-39(54-4)26-43(41)51)48(52-53)60-49-47(58-31-38-23-15-8-16-24-38)46(57-30-37-21-13-7-14-22-37)45(56-29-36-19-11-6-12-20-36)44(59-49)32-55-28-35-17-9-5-10-18-35/h5-26,33,44-47,49H,27-32H2,1-4H3/t44-,45-,46+,47-,49+/m1/s1. The van der Waals surface area contributed by atoms with E-state index in [0.717, 1.165) is 22.3 Å². The van der Waals surface area contributed by atoms with Crippen LogP contribution in [0.4, 0.5) is 8.78 Å². The predicted octanol–water partition coefficient (Wildman–Crippen LogP) is 9.73. The highest BCUT2D eigenvalue weighted by atomic mass is 19.1. The van der Waals surface area contributed by atoms with Crippen molar-refractivity contribution in [3.05, 3.63) is 184 Å². The molecule has 11 heteroatoms. The lowest BCUT2D eigenvalue weighted by Crippen LogP contribution is -2.62. The van der Waals surface area contributed by atoms with Gasteiger partial charge >= 0.3 is 0 Å². The van der Waals surface area contributed by atoms with Crippen LogP contribution in [-0.2, 0) is 56.5 Å². The smallest absolute Gasteiger partial charge is 0.239 e. The first-order valence-corrected chi connectivity index (χ1v) is 20.3. The topological polar surface area (TPSA) is 82.4 Å². The molecule has 0 N–H and O–H groups in total. The summed E-state index contributed by atoms with van der Waals surface area (Å²) >= 11 is 0. The molecule has 0 unspecified atom stereocenters. The number of ether oxygens (including phenoxy) is 7. The maximum absolute atomic E-state index is 15.5. The molecule has 5 aromatic carbocycles. The first kappa shape index (κ1) is 42.7. The summed E-state index contributed by atoms with van der Waals surface area (Å²) < 4.78 is 78.5. The van der Waals surface area contributed by atoms with Gasteiger partial charge in [-0.25, -0.2) is 8.78 Å². The van der Waals surface area contributed by atoms with Crippen LogP contribution < -0.4 is 9.47 Å². The van der Waals surface area contributed by atoms with Crippen molar-refractivity contribution in [3.8, 4) is 11.6 Å². The van der Waals surface area contributed by atoms with E-state index in [2.05, 4.69) is 0 Å². The molecule has 2 heterocycles. The molecule has 5 atom stereocenters. The van der Waals surface area contributed by atoms with E-state index in [4.69, 9.17) is 38.3 Å². The van der Waals surface area contributed by atoms with Crippen LogP contribution >= 0.6 is 0 Å². The molecule has 1 aliphatic rings. The number of aromatic nitrogens is 2. The van der Waals surface area contributed by atoms with Gasteiger partial charge < -0.3 is 33.2 Å². The van der Waals surface area contributed by atoms with E-state index in [1.54, 1.807) is 4.68 Å². The Balaban J connectivity index is 1.28. The average molecular weight is 819 g/mol. The highest BCUT2D eigenvalue weighted by Gasteiger charge is 2.50. The second-order valence-corrected chi connectivity index (χ2v) is 15.1. The SMILES string of the molecule is COc1cc(F)c(Cc2c(O[C@@H]3O[C@H](COCc4ccccc4)[C@@H](OCc4ccccc4)[C@H](OCc4ccccc4)[C@H]3OCc3ccccc3)nn(C(C)C)c2C)c(F)c1. The molecule has 60 heavy (non-hydrogen) atoms. The van der Waals surface area contributed by atoms with Crippen molar-refractivity contribution in [2.75, 3.05) is 13.7 Å². The third kappa shape index (κ3) is 10.8. The normalized spacial score (nSPS) is 19.1. The Morgan fingerprint density at radius 1 is 0.633 bits per heavy atom. The van der Waals surface area contributed by atoms with Gasteiger partial charge in [0.05, 0.1) is 40.1 Å². The number of rotatable bonds is 19. The summed E-state index contributed by atoms with van der Waals surface area (Å²) in [5, 5.41) is 4.87. The summed E-state index contributed by atoms with van der Waals surface area (Å²) in [5.41, 5.74) is 4.91. The highest BCUT2D eigenvalue weighted by Crippen LogP contribution is 2.36. The zero-order valence-corrected chi connectivity index (χ0v) is 34.4. The number of hydrogen-bond donors (Lipinski definition) is 0. The lowest BCUT2D eigenvalue weighted by Gasteiger charge is -2.45. The quantitative estimate of drug-likeness (QED) is 0.0800. The van der Waals surface area contributed by atoms with Crippen LogP contribution in [0.5, 0.6) is 11.6 Å². The Morgan fingerprint density at radius 3 is 1.58 bits per heavy atom. The van der Waals surface area contributed by atoms with E-state index in [0.29, 0.717) is 17.9 Å². The van der Waals surface area contributed by atoms with Gasteiger partial charge in [-0.2, -0.15) is 0 Å². The van der Waals surface area contributed by atoms with Gasteiger partial charge in [0.25, 0.3) is 0 Å². The van der Waals surface area contributed by atoms with Crippen LogP contribution in [0.15, 0.2) is 133 Å². The molecule has 7 rings (SSSR count). The first-order valence-electron chi connectivity index (χ1n) is 20.3. The molecule has 0 bridgehead atoms. The molecule has 1 aromatic heterocycles. The largest absolute Gasteiger partial charge is 0.497 e. The number of benzene rings is 5. The van der Waals surface area contributed by atoms with E-state index < -0.39 is 42.3 Å². The average Bonchev–Trinajstić information content (AvgIpc) is 3.58. The zero-order chi connectivity index (χ0) is 41.8. The molecular formula is C49H52F2N2O7. The number of hydrogen-bond acceptors (Lipinski definition) is 8. The van der Waals surface area contributed by atoms with Crippen LogP contribution in [0.1, 0.15) is 59.0 Å². The molecule has 1 aliphatic heterocycles. The summed E-state index contributed by atoms with van der Waals surface area (Å²) in [6.07, 6.45) is -4.31. The van der Waals surface area contributed by atoms with Crippen LogP contribution in [0.2, 0.25) is 0 Å². The van der Waals surface area contributed by atoms with E-state index >= 15 is 8.78 Å². The molecule has 0 radical (unpaired) electrons. The fourth-order valence-corrected chi connectivity index (χ4v) is 7.32. The second-order valence-electron chi connectivity index (χ2n) is 15.1.